The molecule has 0 saturated carbocycles. The van der Waals surface area contributed by atoms with Crippen molar-refractivity contribution in [1.29, 1.82) is 5.26 Å². The molecule has 0 N–H and O–H groups in total. The number of nitriles is 1. The molecule has 1 fully saturated rings. The number of thioether (sulfide) groups is 1. The van der Waals surface area contributed by atoms with Crippen molar-refractivity contribution in [2.45, 2.75) is 30.1 Å². The zero-order chi connectivity index (χ0) is 21.0. The van der Waals surface area contributed by atoms with Gasteiger partial charge in [0.2, 0.25) is 10.0 Å². The van der Waals surface area contributed by atoms with Crippen LogP contribution in [0.1, 0.15) is 28.2 Å². The summed E-state index contributed by atoms with van der Waals surface area (Å²) in [7, 11) is -3.74. The van der Waals surface area contributed by atoms with Crippen LogP contribution in [-0.2, 0) is 10.0 Å². The monoisotopic (exact) mass is 434 g/mol. The maximum absolute atomic E-state index is 13.1. The van der Waals surface area contributed by atoms with Gasteiger partial charge in [-0.15, -0.1) is 11.8 Å². The molecule has 1 aliphatic rings. The van der Waals surface area contributed by atoms with E-state index in [1.54, 1.807) is 30.9 Å². The maximum atomic E-state index is 13.1. The highest BCUT2D eigenvalue weighted by Gasteiger charge is 2.33. The van der Waals surface area contributed by atoms with E-state index in [2.05, 4.69) is 11.2 Å². The summed E-state index contributed by atoms with van der Waals surface area (Å²) in [6, 6.07) is 9.25. The van der Waals surface area contributed by atoms with Gasteiger partial charge in [-0.05, 0) is 32.4 Å². The topological polar surface area (TPSA) is 108 Å². The predicted octanol–water partition coefficient (Wildman–Crippen LogP) is 2.44. The quantitative estimate of drug-likeness (QED) is 0.665. The van der Waals surface area contributed by atoms with Crippen molar-refractivity contribution in [1.82, 2.24) is 14.4 Å². The van der Waals surface area contributed by atoms with Crippen LogP contribution in [0, 0.1) is 25.2 Å². The van der Waals surface area contributed by atoms with Gasteiger partial charge in [0.05, 0.1) is 17.4 Å². The van der Waals surface area contributed by atoms with E-state index in [1.165, 1.54) is 16.1 Å². The lowest BCUT2D eigenvalue weighted by Crippen LogP contribution is -2.37. The lowest BCUT2D eigenvalue weighted by molar-refractivity contribution is 0.0761. The molecule has 0 unspecified atom stereocenters. The lowest BCUT2D eigenvalue weighted by Gasteiger charge is -2.22. The van der Waals surface area contributed by atoms with Gasteiger partial charge in [0.15, 0.2) is 5.76 Å². The molecule has 1 amide bonds. The highest BCUT2D eigenvalue weighted by atomic mass is 32.2. The number of sulfonamides is 1. The standard InChI is InChI=1S/C19H22N4O4S2/c1-14-18(15(2)27-21-14)29(25,26)23-10-5-9-22(11-12-23)19(24)16-6-3-4-7-17(16)28-13-8-20/h3-4,6-7H,5,9-13H2,1-2H3. The molecule has 1 saturated heterocycles. The average molecular weight is 435 g/mol. The van der Waals surface area contributed by atoms with Gasteiger partial charge in [-0.25, -0.2) is 8.42 Å². The molecule has 3 rings (SSSR count). The van der Waals surface area contributed by atoms with Crippen LogP contribution >= 0.6 is 11.8 Å². The third-order valence-corrected chi connectivity index (χ3v) is 7.80. The van der Waals surface area contributed by atoms with Gasteiger partial charge >= 0.3 is 0 Å². The van der Waals surface area contributed by atoms with Crippen molar-refractivity contribution in [2.75, 3.05) is 31.9 Å². The molecule has 0 aliphatic carbocycles. The molecule has 0 spiro atoms. The van der Waals surface area contributed by atoms with E-state index in [4.69, 9.17) is 9.78 Å². The molecule has 2 heterocycles. The molecule has 2 aromatic rings. The van der Waals surface area contributed by atoms with Crippen molar-refractivity contribution in [3.8, 4) is 6.07 Å². The summed E-state index contributed by atoms with van der Waals surface area (Å²) < 4.78 is 32.5. The largest absolute Gasteiger partial charge is 0.360 e. The fraction of sp³-hybridized carbons (Fsp3) is 0.421. The number of aryl methyl sites for hydroxylation is 2. The van der Waals surface area contributed by atoms with Crippen LogP contribution in [-0.4, -0.2) is 60.6 Å². The third-order valence-electron chi connectivity index (χ3n) is 4.72. The van der Waals surface area contributed by atoms with Crippen LogP contribution in [0.4, 0.5) is 0 Å². The minimum Gasteiger partial charge on any atom is -0.360 e. The number of benzene rings is 1. The first-order chi connectivity index (χ1) is 13.9. The number of hydrogen-bond donors (Lipinski definition) is 0. The Bertz CT molecular complexity index is 1020. The SMILES string of the molecule is Cc1noc(C)c1S(=O)(=O)N1CCCN(C(=O)c2ccccc2SCC#N)CC1. The van der Waals surface area contributed by atoms with Gasteiger partial charge in [-0.2, -0.15) is 9.57 Å². The molecule has 154 valence electrons. The zero-order valence-corrected chi connectivity index (χ0v) is 17.9. The van der Waals surface area contributed by atoms with Gasteiger partial charge in [-0.3, -0.25) is 4.79 Å². The van der Waals surface area contributed by atoms with Crippen LogP contribution < -0.4 is 0 Å². The smallest absolute Gasteiger partial charge is 0.255 e. The van der Waals surface area contributed by atoms with Crippen LogP contribution in [0.5, 0.6) is 0 Å². The van der Waals surface area contributed by atoms with E-state index in [1.807, 2.05) is 12.1 Å². The highest BCUT2D eigenvalue weighted by molar-refractivity contribution is 7.99. The second-order valence-electron chi connectivity index (χ2n) is 6.65. The number of rotatable bonds is 5. The first-order valence-corrected chi connectivity index (χ1v) is 11.6. The number of aromatic nitrogens is 1. The molecule has 0 atom stereocenters. The Hall–Kier alpha value is -2.35. The maximum Gasteiger partial charge on any atom is 0.255 e. The van der Waals surface area contributed by atoms with Crippen LogP contribution in [0.2, 0.25) is 0 Å². The molecule has 29 heavy (non-hydrogen) atoms. The number of carbonyl (C=O) groups excluding carboxylic acids is 1. The summed E-state index contributed by atoms with van der Waals surface area (Å²) in [6.07, 6.45) is 0.530. The Balaban J connectivity index is 1.77. The van der Waals surface area contributed by atoms with Crippen molar-refractivity contribution in [2.24, 2.45) is 0 Å². The predicted molar refractivity (Wildman–Crippen MR) is 108 cm³/mol. The molecule has 1 aromatic carbocycles. The minimum absolute atomic E-state index is 0.107. The number of nitrogens with zero attached hydrogens (tertiary/aromatic N) is 4. The number of carbonyl (C=O) groups is 1. The van der Waals surface area contributed by atoms with E-state index in [9.17, 15) is 13.2 Å². The number of amides is 1. The van der Waals surface area contributed by atoms with Crippen molar-refractivity contribution < 1.29 is 17.7 Å². The van der Waals surface area contributed by atoms with Crippen molar-refractivity contribution in [3.05, 3.63) is 41.3 Å². The van der Waals surface area contributed by atoms with E-state index in [0.29, 0.717) is 37.3 Å². The van der Waals surface area contributed by atoms with Gasteiger partial charge in [-0.1, -0.05) is 17.3 Å². The van der Waals surface area contributed by atoms with E-state index >= 15 is 0 Å². The Morgan fingerprint density at radius 1 is 1.24 bits per heavy atom. The number of hydrogen-bond acceptors (Lipinski definition) is 7. The zero-order valence-electron chi connectivity index (χ0n) is 16.3. The van der Waals surface area contributed by atoms with Crippen molar-refractivity contribution >= 4 is 27.7 Å². The van der Waals surface area contributed by atoms with Crippen LogP contribution in [0.15, 0.2) is 38.6 Å². The Labute approximate surface area is 174 Å². The van der Waals surface area contributed by atoms with E-state index in [-0.39, 0.29) is 28.9 Å². The molecule has 10 heteroatoms. The second kappa shape index (κ2) is 8.98. The molecule has 1 aliphatic heterocycles. The minimum atomic E-state index is -3.74. The normalized spacial score (nSPS) is 15.7. The molecule has 8 nitrogen and oxygen atoms in total. The molecule has 1 aromatic heterocycles. The van der Waals surface area contributed by atoms with Crippen LogP contribution in [0.3, 0.4) is 0 Å². The molecular formula is C19H22N4O4S2. The lowest BCUT2D eigenvalue weighted by atomic mass is 10.2. The summed E-state index contributed by atoms with van der Waals surface area (Å²) in [5.74, 6) is 0.374. The van der Waals surface area contributed by atoms with Gasteiger partial charge in [0.1, 0.15) is 10.6 Å². The fourth-order valence-electron chi connectivity index (χ4n) is 3.36. The Morgan fingerprint density at radius 3 is 2.69 bits per heavy atom. The van der Waals surface area contributed by atoms with Crippen molar-refractivity contribution in [3.63, 3.8) is 0 Å². The summed E-state index contributed by atoms with van der Waals surface area (Å²) in [5.41, 5.74) is 0.873. The summed E-state index contributed by atoms with van der Waals surface area (Å²) in [4.78, 5) is 15.6. The Morgan fingerprint density at radius 2 is 2.00 bits per heavy atom. The summed E-state index contributed by atoms with van der Waals surface area (Å²) >= 11 is 1.32. The molecular weight excluding hydrogens is 412 g/mol. The van der Waals surface area contributed by atoms with Crippen LogP contribution in [0.25, 0.3) is 0 Å². The average Bonchev–Trinajstić information content (AvgIpc) is 2.91. The molecule has 0 bridgehead atoms. The third kappa shape index (κ3) is 4.47. The summed E-state index contributed by atoms with van der Waals surface area (Å²) in [5, 5.41) is 12.6. The first-order valence-electron chi connectivity index (χ1n) is 9.17. The molecule has 0 radical (unpaired) electrons. The van der Waals surface area contributed by atoms with Gasteiger partial charge in [0, 0.05) is 31.1 Å². The van der Waals surface area contributed by atoms with Gasteiger partial charge in [0.25, 0.3) is 5.91 Å². The summed E-state index contributed by atoms with van der Waals surface area (Å²) in [6.45, 7) is 4.46. The van der Waals surface area contributed by atoms with Gasteiger partial charge < -0.3 is 9.42 Å². The fourth-order valence-corrected chi connectivity index (χ4v) is 5.83. The van der Waals surface area contributed by atoms with E-state index in [0.717, 1.165) is 4.90 Å². The highest BCUT2D eigenvalue weighted by Crippen LogP contribution is 2.26. The Kier molecular flexibility index (Phi) is 6.62. The van der Waals surface area contributed by atoms with E-state index < -0.39 is 10.0 Å². The second-order valence-corrected chi connectivity index (χ2v) is 9.54. The first kappa shape index (κ1) is 21.4.